The first-order chi connectivity index (χ1) is 10.6. The van der Waals surface area contributed by atoms with Crippen LogP contribution in [0.25, 0.3) is 0 Å². The molecule has 6 nitrogen and oxygen atoms in total. The molecule has 0 spiro atoms. The van der Waals surface area contributed by atoms with E-state index in [0.29, 0.717) is 11.3 Å². The van der Waals surface area contributed by atoms with Crippen molar-refractivity contribution in [2.45, 2.75) is 19.9 Å². The molecule has 1 heterocycles. The van der Waals surface area contributed by atoms with Crippen LogP contribution in [0, 0.1) is 6.92 Å². The van der Waals surface area contributed by atoms with Crippen LogP contribution >= 0.6 is 0 Å². The Morgan fingerprint density at radius 3 is 2.55 bits per heavy atom. The molecule has 6 heteroatoms. The predicted octanol–water partition coefficient (Wildman–Crippen LogP) is 2.13. The van der Waals surface area contributed by atoms with Crippen molar-refractivity contribution >= 4 is 11.9 Å². The molecular weight excluding hydrogens is 284 g/mol. The van der Waals surface area contributed by atoms with Crippen molar-refractivity contribution in [3.8, 4) is 0 Å². The Morgan fingerprint density at radius 2 is 1.95 bits per heavy atom. The molecule has 1 aromatic heterocycles. The van der Waals surface area contributed by atoms with E-state index in [1.165, 1.54) is 18.0 Å². The Kier molecular flexibility index (Phi) is 4.93. The average molecular weight is 302 g/mol. The number of rotatable bonds is 5. The lowest BCUT2D eigenvalue weighted by Gasteiger charge is -2.18. The fraction of sp³-hybridized carbons (Fsp3) is 0.312. The number of carbonyl (C=O) groups is 2. The number of methoxy groups -OCH3 is 1. The number of aromatic nitrogens is 2. The largest absolute Gasteiger partial charge is 0.467 e. The predicted molar refractivity (Wildman–Crippen MR) is 79.5 cm³/mol. The summed E-state index contributed by atoms with van der Waals surface area (Å²) in [7, 11) is 1.31. The van der Waals surface area contributed by atoms with Gasteiger partial charge in [0.15, 0.2) is 11.7 Å². The maximum atomic E-state index is 12.2. The summed E-state index contributed by atoms with van der Waals surface area (Å²) in [5.74, 6) is -0.989. The minimum atomic E-state index is -0.785. The van der Waals surface area contributed by atoms with Crippen molar-refractivity contribution in [3.05, 3.63) is 53.6 Å². The monoisotopic (exact) mass is 302 g/mol. The Balaban J connectivity index is 2.54. The van der Waals surface area contributed by atoms with Gasteiger partial charge in [-0.15, -0.1) is 0 Å². The fourth-order valence-electron chi connectivity index (χ4n) is 2.26. The van der Waals surface area contributed by atoms with E-state index in [-0.39, 0.29) is 12.3 Å². The second-order valence-electron chi connectivity index (χ2n) is 4.64. The van der Waals surface area contributed by atoms with Gasteiger partial charge in [-0.3, -0.25) is 0 Å². The maximum absolute atomic E-state index is 12.2. The first-order valence-electron chi connectivity index (χ1n) is 6.93. The lowest BCUT2D eigenvalue weighted by Crippen LogP contribution is -2.25. The highest BCUT2D eigenvalue weighted by Gasteiger charge is 2.29. The topological polar surface area (TPSA) is 70.4 Å². The van der Waals surface area contributed by atoms with Gasteiger partial charge in [-0.25, -0.2) is 14.6 Å². The summed E-state index contributed by atoms with van der Waals surface area (Å²) >= 11 is 0. The van der Waals surface area contributed by atoms with Gasteiger partial charge >= 0.3 is 11.9 Å². The zero-order valence-corrected chi connectivity index (χ0v) is 12.8. The van der Waals surface area contributed by atoms with E-state index in [9.17, 15) is 9.59 Å². The summed E-state index contributed by atoms with van der Waals surface area (Å²) < 4.78 is 11.4. The number of aryl methyl sites for hydroxylation is 1. The number of benzene rings is 1. The number of carbonyl (C=O) groups excluding carboxylic acids is 2. The average Bonchev–Trinajstić information content (AvgIpc) is 2.90. The van der Waals surface area contributed by atoms with Crippen LogP contribution in [0.2, 0.25) is 0 Å². The molecule has 116 valence electrons. The van der Waals surface area contributed by atoms with Gasteiger partial charge in [-0.05, 0) is 19.4 Å². The van der Waals surface area contributed by atoms with Gasteiger partial charge in [0.25, 0.3) is 0 Å². The Bertz CT molecular complexity index is 664. The molecule has 22 heavy (non-hydrogen) atoms. The van der Waals surface area contributed by atoms with Crippen molar-refractivity contribution in [2.24, 2.45) is 0 Å². The van der Waals surface area contributed by atoms with Crippen molar-refractivity contribution in [1.29, 1.82) is 0 Å². The highest BCUT2D eigenvalue weighted by Crippen LogP contribution is 2.23. The van der Waals surface area contributed by atoms with Gasteiger partial charge in [0.05, 0.1) is 25.7 Å². The van der Waals surface area contributed by atoms with Crippen LogP contribution in [0.5, 0.6) is 0 Å². The molecular formula is C16H18N2O4. The van der Waals surface area contributed by atoms with Crippen LogP contribution in [0.1, 0.15) is 34.7 Å². The Morgan fingerprint density at radius 1 is 1.27 bits per heavy atom. The molecule has 0 aliphatic heterocycles. The summed E-state index contributed by atoms with van der Waals surface area (Å²) in [5, 5.41) is 0. The summed E-state index contributed by atoms with van der Waals surface area (Å²) in [5.41, 5.74) is 1.46. The van der Waals surface area contributed by atoms with Gasteiger partial charge in [-0.1, -0.05) is 30.3 Å². The quantitative estimate of drug-likeness (QED) is 0.791. The molecule has 0 bridgehead atoms. The minimum absolute atomic E-state index is 0.248. The smallest absolute Gasteiger partial charge is 0.356 e. The summed E-state index contributed by atoms with van der Waals surface area (Å²) in [6, 6.07) is 8.30. The van der Waals surface area contributed by atoms with E-state index >= 15 is 0 Å². The van der Waals surface area contributed by atoms with Crippen molar-refractivity contribution in [3.63, 3.8) is 0 Å². The molecule has 1 aromatic carbocycles. The van der Waals surface area contributed by atoms with Crippen LogP contribution in [-0.2, 0) is 14.3 Å². The molecule has 0 fully saturated rings. The Labute approximate surface area is 128 Å². The molecule has 1 atom stereocenters. The summed E-state index contributed by atoms with van der Waals surface area (Å²) in [6.45, 7) is 3.67. The van der Waals surface area contributed by atoms with Crippen molar-refractivity contribution in [2.75, 3.05) is 13.7 Å². The van der Waals surface area contributed by atoms with E-state index in [1.54, 1.807) is 26.0 Å². The fourth-order valence-corrected chi connectivity index (χ4v) is 2.26. The number of imidazole rings is 1. The third-order valence-corrected chi connectivity index (χ3v) is 3.26. The number of ether oxygens (including phenoxy) is 2. The highest BCUT2D eigenvalue weighted by atomic mass is 16.5. The SMILES string of the molecule is CCOC(=O)c1c(C)ncn1[C@@H](C(=O)OC)c1ccccc1. The van der Waals surface area contributed by atoms with Gasteiger partial charge in [0, 0.05) is 0 Å². The minimum Gasteiger partial charge on any atom is -0.467 e. The molecule has 0 amide bonds. The maximum Gasteiger partial charge on any atom is 0.356 e. The molecule has 0 radical (unpaired) electrons. The van der Waals surface area contributed by atoms with Gasteiger partial charge < -0.3 is 14.0 Å². The molecule has 0 aliphatic carbocycles. The molecule has 0 aliphatic rings. The molecule has 0 N–H and O–H groups in total. The van der Waals surface area contributed by atoms with Crippen LogP contribution in [0.15, 0.2) is 36.7 Å². The number of hydrogen-bond acceptors (Lipinski definition) is 5. The van der Waals surface area contributed by atoms with Gasteiger partial charge in [0.2, 0.25) is 0 Å². The lowest BCUT2D eigenvalue weighted by molar-refractivity contribution is -0.143. The normalized spacial score (nSPS) is 11.8. The Hall–Kier alpha value is -2.63. The van der Waals surface area contributed by atoms with Crippen LogP contribution in [0.3, 0.4) is 0 Å². The van der Waals surface area contributed by atoms with Gasteiger partial charge in [-0.2, -0.15) is 0 Å². The lowest BCUT2D eigenvalue weighted by atomic mass is 10.1. The zero-order valence-electron chi connectivity index (χ0n) is 12.8. The molecule has 2 rings (SSSR count). The first-order valence-corrected chi connectivity index (χ1v) is 6.93. The standard InChI is InChI=1S/C16H18N2O4/c1-4-22-16(20)13-11(2)17-10-18(13)14(15(19)21-3)12-8-6-5-7-9-12/h5-10,14H,4H2,1-3H3/t14-/m1/s1. The highest BCUT2D eigenvalue weighted by molar-refractivity contribution is 5.90. The van der Waals surface area contributed by atoms with Crippen LogP contribution in [-0.4, -0.2) is 35.2 Å². The number of hydrogen-bond donors (Lipinski definition) is 0. The third kappa shape index (κ3) is 3.00. The van der Waals surface area contributed by atoms with Gasteiger partial charge in [0.1, 0.15) is 0 Å². The second-order valence-corrected chi connectivity index (χ2v) is 4.64. The van der Waals surface area contributed by atoms with E-state index in [2.05, 4.69) is 4.98 Å². The van der Waals surface area contributed by atoms with E-state index in [0.717, 1.165) is 0 Å². The first kappa shape index (κ1) is 15.8. The van der Waals surface area contributed by atoms with Crippen molar-refractivity contribution in [1.82, 2.24) is 9.55 Å². The van der Waals surface area contributed by atoms with E-state index in [1.807, 2.05) is 18.2 Å². The zero-order chi connectivity index (χ0) is 16.1. The summed E-state index contributed by atoms with van der Waals surface area (Å²) in [6.07, 6.45) is 1.45. The molecule has 0 unspecified atom stereocenters. The van der Waals surface area contributed by atoms with E-state index < -0.39 is 18.0 Å². The van der Waals surface area contributed by atoms with E-state index in [4.69, 9.17) is 9.47 Å². The number of esters is 2. The summed E-state index contributed by atoms with van der Waals surface area (Å²) in [4.78, 5) is 28.5. The van der Waals surface area contributed by atoms with Crippen LogP contribution < -0.4 is 0 Å². The molecule has 0 saturated carbocycles. The third-order valence-electron chi connectivity index (χ3n) is 3.26. The van der Waals surface area contributed by atoms with Crippen molar-refractivity contribution < 1.29 is 19.1 Å². The van der Waals surface area contributed by atoms with Crippen LogP contribution in [0.4, 0.5) is 0 Å². The molecule has 0 saturated heterocycles. The molecule has 2 aromatic rings. The second kappa shape index (κ2) is 6.89. The number of nitrogens with zero attached hydrogens (tertiary/aromatic N) is 2.